The molecule has 3 N–H and O–H groups in total. The van der Waals surface area contributed by atoms with Crippen LogP contribution in [0.4, 0.5) is 5.82 Å². The molecule has 0 aliphatic heterocycles. The number of nitrogens with zero attached hydrogens (tertiary/aromatic N) is 2. The van der Waals surface area contributed by atoms with Gasteiger partial charge in [0.1, 0.15) is 17.9 Å². The van der Waals surface area contributed by atoms with Crippen molar-refractivity contribution in [3.05, 3.63) is 41.7 Å². The molecule has 0 spiro atoms. The van der Waals surface area contributed by atoms with Gasteiger partial charge in [-0.25, -0.2) is 9.97 Å². The van der Waals surface area contributed by atoms with Gasteiger partial charge < -0.3 is 15.6 Å². The van der Waals surface area contributed by atoms with E-state index in [0.29, 0.717) is 23.9 Å². The molecule has 5 nitrogen and oxygen atoms in total. The molecule has 0 fully saturated rings. The maximum absolute atomic E-state index is 8.89. The number of hydrogen-bond donors (Lipinski definition) is 2. The first-order chi connectivity index (χ1) is 9.61. The van der Waals surface area contributed by atoms with Gasteiger partial charge in [-0.2, -0.15) is 0 Å². The second kappa shape index (κ2) is 6.34. The summed E-state index contributed by atoms with van der Waals surface area (Å²) in [6.07, 6.45) is 2.04. The molecule has 0 atom stereocenters. The summed E-state index contributed by atoms with van der Waals surface area (Å²) in [6.45, 7) is 4.18. The second-order valence-electron chi connectivity index (χ2n) is 4.85. The molecule has 1 aromatic heterocycles. The molecule has 0 aliphatic carbocycles. The third-order valence-corrected chi connectivity index (χ3v) is 2.99. The Kier molecular flexibility index (Phi) is 4.53. The third kappa shape index (κ3) is 3.24. The summed E-state index contributed by atoms with van der Waals surface area (Å²) in [5.74, 6) is 1.80. The molecule has 5 heteroatoms. The number of aromatic nitrogens is 2. The first kappa shape index (κ1) is 14.3. The molecule has 0 bridgehead atoms. The van der Waals surface area contributed by atoms with Crippen LogP contribution in [0.5, 0.6) is 11.6 Å². The lowest BCUT2D eigenvalue weighted by Gasteiger charge is -2.14. The molecule has 2 aromatic rings. The lowest BCUT2D eigenvalue weighted by molar-refractivity contribution is 0.299. The Morgan fingerprint density at radius 1 is 1.20 bits per heavy atom. The number of ether oxygens (including phenoxy) is 1. The largest absolute Gasteiger partial charge is 0.439 e. The van der Waals surface area contributed by atoms with Crippen molar-refractivity contribution in [3.63, 3.8) is 0 Å². The molecular weight excluding hydrogens is 254 g/mol. The number of nitrogen functional groups attached to an aromatic ring is 1. The molecule has 20 heavy (non-hydrogen) atoms. The standard InChI is InChI=1S/C15H19N3O2/c1-10(2)13-14(16)17-9-18-15(13)20-12-5-3-11(4-6-12)7-8-19/h3-6,9-10,19H,7-8H2,1-2H3,(H2,16,17,18). The summed E-state index contributed by atoms with van der Waals surface area (Å²) in [6, 6.07) is 7.55. The Hall–Kier alpha value is -2.14. The van der Waals surface area contributed by atoms with Gasteiger partial charge in [0.2, 0.25) is 5.88 Å². The van der Waals surface area contributed by atoms with E-state index in [1.807, 2.05) is 38.1 Å². The van der Waals surface area contributed by atoms with Crippen molar-refractivity contribution in [3.8, 4) is 11.6 Å². The molecule has 0 saturated carbocycles. The van der Waals surface area contributed by atoms with Crippen molar-refractivity contribution >= 4 is 5.82 Å². The second-order valence-corrected chi connectivity index (χ2v) is 4.85. The van der Waals surface area contributed by atoms with Gasteiger partial charge in [-0.15, -0.1) is 0 Å². The summed E-state index contributed by atoms with van der Waals surface area (Å²) in [4.78, 5) is 8.16. The quantitative estimate of drug-likeness (QED) is 0.874. The zero-order chi connectivity index (χ0) is 14.5. The third-order valence-electron chi connectivity index (χ3n) is 2.99. The Labute approximate surface area is 118 Å². The highest BCUT2D eigenvalue weighted by Gasteiger charge is 2.14. The zero-order valence-corrected chi connectivity index (χ0v) is 11.7. The summed E-state index contributed by atoms with van der Waals surface area (Å²) in [7, 11) is 0. The van der Waals surface area contributed by atoms with E-state index in [1.165, 1.54) is 6.33 Å². The van der Waals surface area contributed by atoms with Crippen LogP contribution in [0.1, 0.15) is 30.9 Å². The Balaban J connectivity index is 2.23. The smallest absolute Gasteiger partial charge is 0.227 e. The molecule has 0 radical (unpaired) electrons. The van der Waals surface area contributed by atoms with Crippen LogP contribution in [0, 0.1) is 0 Å². The van der Waals surface area contributed by atoms with Crippen LogP contribution < -0.4 is 10.5 Å². The zero-order valence-electron chi connectivity index (χ0n) is 11.7. The molecule has 1 heterocycles. The highest BCUT2D eigenvalue weighted by atomic mass is 16.5. The molecular formula is C15H19N3O2. The number of nitrogens with two attached hydrogens (primary N) is 1. The van der Waals surface area contributed by atoms with Gasteiger partial charge in [0, 0.05) is 6.61 Å². The summed E-state index contributed by atoms with van der Waals surface area (Å²) < 4.78 is 5.79. The Morgan fingerprint density at radius 3 is 2.50 bits per heavy atom. The van der Waals surface area contributed by atoms with E-state index in [0.717, 1.165) is 11.1 Å². The Morgan fingerprint density at radius 2 is 1.90 bits per heavy atom. The van der Waals surface area contributed by atoms with Crippen molar-refractivity contribution in [1.29, 1.82) is 0 Å². The maximum Gasteiger partial charge on any atom is 0.227 e. The van der Waals surface area contributed by atoms with E-state index < -0.39 is 0 Å². The summed E-state index contributed by atoms with van der Waals surface area (Å²) in [5, 5.41) is 8.89. The summed E-state index contributed by atoms with van der Waals surface area (Å²) in [5.41, 5.74) is 7.75. The van der Waals surface area contributed by atoms with Gasteiger partial charge in [0.05, 0.1) is 5.56 Å². The van der Waals surface area contributed by atoms with Gasteiger partial charge in [-0.05, 0) is 30.0 Å². The number of hydrogen-bond acceptors (Lipinski definition) is 5. The molecule has 0 saturated heterocycles. The van der Waals surface area contributed by atoms with E-state index in [1.54, 1.807) is 0 Å². The molecule has 0 aliphatic rings. The predicted octanol–water partition coefficient (Wildman–Crippen LogP) is 2.51. The minimum absolute atomic E-state index is 0.139. The minimum atomic E-state index is 0.139. The van der Waals surface area contributed by atoms with E-state index in [9.17, 15) is 0 Å². The molecule has 2 rings (SSSR count). The molecule has 0 amide bonds. The van der Waals surface area contributed by atoms with Crippen molar-refractivity contribution in [2.75, 3.05) is 12.3 Å². The fourth-order valence-corrected chi connectivity index (χ4v) is 1.98. The van der Waals surface area contributed by atoms with Crippen molar-refractivity contribution < 1.29 is 9.84 Å². The topological polar surface area (TPSA) is 81.3 Å². The molecule has 1 aromatic carbocycles. The average Bonchev–Trinajstić information content (AvgIpc) is 2.41. The summed E-state index contributed by atoms with van der Waals surface area (Å²) >= 11 is 0. The van der Waals surface area contributed by atoms with Crippen LogP contribution >= 0.6 is 0 Å². The lowest BCUT2D eigenvalue weighted by Crippen LogP contribution is -2.04. The van der Waals surface area contributed by atoms with Crippen molar-refractivity contribution in [1.82, 2.24) is 9.97 Å². The van der Waals surface area contributed by atoms with Gasteiger partial charge in [0.25, 0.3) is 0 Å². The first-order valence-electron chi connectivity index (χ1n) is 6.60. The minimum Gasteiger partial charge on any atom is -0.439 e. The van der Waals surface area contributed by atoms with Crippen LogP contribution in [0.15, 0.2) is 30.6 Å². The van der Waals surface area contributed by atoms with E-state index >= 15 is 0 Å². The average molecular weight is 273 g/mol. The van der Waals surface area contributed by atoms with Crippen molar-refractivity contribution in [2.45, 2.75) is 26.2 Å². The van der Waals surface area contributed by atoms with E-state index in [4.69, 9.17) is 15.6 Å². The van der Waals surface area contributed by atoms with E-state index in [2.05, 4.69) is 9.97 Å². The predicted molar refractivity (Wildman–Crippen MR) is 77.8 cm³/mol. The first-order valence-corrected chi connectivity index (χ1v) is 6.60. The SMILES string of the molecule is CC(C)c1c(N)ncnc1Oc1ccc(CCO)cc1. The van der Waals surface area contributed by atoms with Crippen LogP contribution in [0.2, 0.25) is 0 Å². The number of benzene rings is 1. The number of anilines is 1. The number of aliphatic hydroxyl groups excluding tert-OH is 1. The molecule has 106 valence electrons. The van der Waals surface area contributed by atoms with Crippen LogP contribution in [-0.4, -0.2) is 21.7 Å². The monoisotopic (exact) mass is 273 g/mol. The lowest BCUT2D eigenvalue weighted by atomic mass is 10.1. The fourth-order valence-electron chi connectivity index (χ4n) is 1.98. The van der Waals surface area contributed by atoms with Crippen LogP contribution in [0.25, 0.3) is 0 Å². The van der Waals surface area contributed by atoms with Crippen LogP contribution in [-0.2, 0) is 6.42 Å². The normalized spacial score (nSPS) is 10.8. The molecule has 0 unspecified atom stereocenters. The van der Waals surface area contributed by atoms with E-state index in [-0.39, 0.29) is 12.5 Å². The fraction of sp³-hybridized carbons (Fsp3) is 0.333. The highest BCUT2D eigenvalue weighted by Crippen LogP contribution is 2.31. The van der Waals surface area contributed by atoms with Crippen LogP contribution in [0.3, 0.4) is 0 Å². The van der Waals surface area contributed by atoms with Gasteiger partial charge >= 0.3 is 0 Å². The highest BCUT2D eigenvalue weighted by molar-refractivity contribution is 5.48. The number of aliphatic hydroxyl groups is 1. The Bertz CT molecular complexity index is 568. The van der Waals surface area contributed by atoms with Gasteiger partial charge in [-0.3, -0.25) is 0 Å². The van der Waals surface area contributed by atoms with Crippen molar-refractivity contribution in [2.24, 2.45) is 0 Å². The van der Waals surface area contributed by atoms with Gasteiger partial charge in [-0.1, -0.05) is 26.0 Å². The van der Waals surface area contributed by atoms with Gasteiger partial charge in [0.15, 0.2) is 0 Å². The number of rotatable bonds is 5. The maximum atomic E-state index is 8.89.